The molecule has 20 heavy (non-hydrogen) atoms. The number of anilines is 1. The van der Waals surface area contributed by atoms with Crippen molar-refractivity contribution in [3.8, 4) is 0 Å². The van der Waals surface area contributed by atoms with Gasteiger partial charge in [-0.3, -0.25) is 0 Å². The van der Waals surface area contributed by atoms with E-state index >= 15 is 0 Å². The number of amides is 2. The van der Waals surface area contributed by atoms with Gasteiger partial charge >= 0.3 is 12.0 Å². The fraction of sp³-hybridized carbons (Fsp3) is 0.385. The van der Waals surface area contributed by atoms with Crippen molar-refractivity contribution in [3.63, 3.8) is 0 Å². The van der Waals surface area contributed by atoms with Gasteiger partial charge in [0.2, 0.25) is 0 Å². The molecular weight excluding hydrogens is 344 g/mol. The van der Waals surface area contributed by atoms with Gasteiger partial charge in [-0.2, -0.15) is 11.8 Å². The summed E-state index contributed by atoms with van der Waals surface area (Å²) in [5, 5.41) is 11.8. The van der Waals surface area contributed by atoms with Crippen molar-refractivity contribution in [2.24, 2.45) is 0 Å². The highest BCUT2D eigenvalue weighted by Gasteiger charge is 2.23. The second kappa shape index (κ2) is 6.49. The van der Waals surface area contributed by atoms with Gasteiger partial charge in [-0.15, -0.1) is 0 Å². The minimum atomic E-state index is -1.03. The lowest BCUT2D eigenvalue weighted by Gasteiger charge is -2.33. The van der Waals surface area contributed by atoms with E-state index in [1.165, 1.54) is 6.07 Å². The highest BCUT2D eigenvalue weighted by molar-refractivity contribution is 9.10. The monoisotopic (exact) mass is 358 g/mol. The number of nitrogens with zero attached hydrogens (tertiary/aromatic N) is 1. The van der Waals surface area contributed by atoms with E-state index < -0.39 is 5.97 Å². The summed E-state index contributed by atoms with van der Waals surface area (Å²) in [6, 6.07) is 4.75. The Bertz CT molecular complexity index is 538. The minimum absolute atomic E-state index is 0.130. The van der Waals surface area contributed by atoms with Crippen LogP contribution in [0, 0.1) is 0 Å². The molecule has 5 nitrogen and oxygen atoms in total. The maximum Gasteiger partial charge on any atom is 0.336 e. The molecule has 7 heteroatoms. The predicted octanol–water partition coefficient (Wildman–Crippen LogP) is 3.12. The van der Waals surface area contributed by atoms with Gasteiger partial charge in [-0.25, -0.2) is 9.59 Å². The Morgan fingerprint density at radius 2 is 2.25 bits per heavy atom. The number of hydrogen-bond donors (Lipinski definition) is 2. The van der Waals surface area contributed by atoms with Crippen LogP contribution in [-0.4, -0.2) is 46.1 Å². The third-order valence-corrected chi connectivity index (χ3v) is 4.96. The van der Waals surface area contributed by atoms with Crippen molar-refractivity contribution < 1.29 is 14.7 Å². The number of aromatic carboxylic acids is 1. The number of carboxylic acids is 1. The lowest BCUT2D eigenvalue weighted by molar-refractivity contribution is 0.0696. The number of thioether (sulfide) groups is 1. The average Bonchev–Trinajstić information content (AvgIpc) is 2.41. The lowest BCUT2D eigenvalue weighted by Crippen LogP contribution is -2.46. The molecule has 1 fully saturated rings. The number of urea groups is 1. The molecule has 0 saturated carbocycles. The van der Waals surface area contributed by atoms with Crippen LogP contribution in [-0.2, 0) is 0 Å². The molecular formula is C13H15BrN2O3S. The molecule has 0 bridgehead atoms. The molecule has 2 amide bonds. The number of halogens is 1. The second-order valence-corrected chi connectivity index (χ2v) is 6.55. The van der Waals surface area contributed by atoms with Crippen molar-refractivity contribution >= 4 is 45.4 Å². The molecule has 0 aliphatic carbocycles. The van der Waals surface area contributed by atoms with Crippen LogP contribution in [0.2, 0.25) is 0 Å². The van der Waals surface area contributed by atoms with Crippen LogP contribution >= 0.6 is 27.7 Å². The van der Waals surface area contributed by atoms with Crippen LogP contribution in [0.3, 0.4) is 0 Å². The topological polar surface area (TPSA) is 69.6 Å². The highest BCUT2D eigenvalue weighted by Crippen LogP contribution is 2.22. The number of carbonyl (C=O) groups is 2. The molecule has 0 spiro atoms. The zero-order valence-electron chi connectivity index (χ0n) is 10.9. The standard InChI is InChI=1S/C13H15BrN2O3S/c1-8-7-20-5-4-16(8)13(19)15-9-2-3-11(14)10(6-9)12(17)18/h2-3,6,8H,4-5,7H2,1H3,(H,15,19)(H,17,18). The van der Waals surface area contributed by atoms with E-state index in [2.05, 4.69) is 21.2 Å². The third kappa shape index (κ3) is 3.46. The van der Waals surface area contributed by atoms with Gasteiger partial charge in [0, 0.05) is 34.3 Å². The van der Waals surface area contributed by atoms with Crippen LogP contribution in [0.5, 0.6) is 0 Å². The Balaban J connectivity index is 2.11. The maximum absolute atomic E-state index is 12.2. The SMILES string of the molecule is CC1CSCCN1C(=O)Nc1ccc(Br)c(C(=O)O)c1. The van der Waals surface area contributed by atoms with Gasteiger partial charge in [0.1, 0.15) is 0 Å². The second-order valence-electron chi connectivity index (χ2n) is 4.55. The fourth-order valence-electron chi connectivity index (χ4n) is 1.99. The smallest absolute Gasteiger partial charge is 0.336 e. The molecule has 1 aliphatic rings. The molecule has 1 saturated heterocycles. The highest BCUT2D eigenvalue weighted by atomic mass is 79.9. The third-order valence-electron chi connectivity index (χ3n) is 3.08. The number of nitrogens with one attached hydrogen (secondary N) is 1. The summed E-state index contributed by atoms with van der Waals surface area (Å²) in [6.45, 7) is 2.72. The van der Waals surface area contributed by atoms with Gasteiger partial charge in [0.25, 0.3) is 0 Å². The van der Waals surface area contributed by atoms with E-state index in [0.717, 1.165) is 11.5 Å². The molecule has 0 radical (unpaired) electrons. The van der Waals surface area contributed by atoms with Crippen LogP contribution < -0.4 is 5.32 Å². The first-order valence-corrected chi connectivity index (χ1v) is 8.12. The Morgan fingerprint density at radius 3 is 2.90 bits per heavy atom. The molecule has 0 aromatic heterocycles. The summed E-state index contributed by atoms with van der Waals surface area (Å²) >= 11 is 5.01. The number of rotatable bonds is 2. The van der Waals surface area contributed by atoms with Crippen molar-refractivity contribution in [1.82, 2.24) is 4.90 Å². The summed E-state index contributed by atoms with van der Waals surface area (Å²) in [5.74, 6) is 0.822. The minimum Gasteiger partial charge on any atom is -0.478 e. The summed E-state index contributed by atoms with van der Waals surface area (Å²) in [7, 11) is 0. The van der Waals surface area contributed by atoms with Crippen LogP contribution in [0.1, 0.15) is 17.3 Å². The summed E-state index contributed by atoms with van der Waals surface area (Å²) in [5.41, 5.74) is 0.617. The fourth-order valence-corrected chi connectivity index (χ4v) is 3.42. The van der Waals surface area contributed by atoms with Gasteiger partial charge in [0.05, 0.1) is 5.56 Å². The largest absolute Gasteiger partial charge is 0.478 e. The van der Waals surface area contributed by atoms with Crippen LogP contribution in [0.25, 0.3) is 0 Å². The van der Waals surface area contributed by atoms with Crippen molar-refractivity contribution in [2.45, 2.75) is 13.0 Å². The summed E-state index contributed by atoms with van der Waals surface area (Å²) < 4.78 is 0.491. The Morgan fingerprint density at radius 1 is 1.50 bits per heavy atom. The molecule has 1 heterocycles. The first-order valence-electron chi connectivity index (χ1n) is 6.17. The van der Waals surface area contributed by atoms with E-state index in [1.807, 2.05) is 18.7 Å². The Labute approximate surface area is 129 Å². The molecule has 108 valence electrons. The maximum atomic E-state index is 12.2. The molecule has 1 atom stereocenters. The average molecular weight is 359 g/mol. The van der Waals surface area contributed by atoms with E-state index in [4.69, 9.17) is 5.11 Å². The van der Waals surface area contributed by atoms with Crippen LogP contribution in [0.4, 0.5) is 10.5 Å². The zero-order chi connectivity index (χ0) is 14.7. The van der Waals surface area contributed by atoms with E-state index in [-0.39, 0.29) is 17.6 Å². The molecule has 1 unspecified atom stereocenters. The van der Waals surface area contributed by atoms with Gasteiger partial charge in [-0.05, 0) is 41.1 Å². The molecule has 2 rings (SSSR count). The van der Waals surface area contributed by atoms with E-state index in [1.54, 1.807) is 17.0 Å². The van der Waals surface area contributed by atoms with E-state index in [9.17, 15) is 9.59 Å². The van der Waals surface area contributed by atoms with Crippen molar-refractivity contribution in [3.05, 3.63) is 28.2 Å². The van der Waals surface area contributed by atoms with Gasteiger partial charge < -0.3 is 15.3 Å². The van der Waals surface area contributed by atoms with Gasteiger partial charge in [-0.1, -0.05) is 0 Å². The summed E-state index contributed by atoms with van der Waals surface area (Å²) in [4.78, 5) is 25.0. The van der Waals surface area contributed by atoms with Crippen molar-refractivity contribution in [2.75, 3.05) is 23.4 Å². The normalized spacial score (nSPS) is 18.7. The number of benzene rings is 1. The van der Waals surface area contributed by atoms with Crippen molar-refractivity contribution in [1.29, 1.82) is 0 Å². The van der Waals surface area contributed by atoms with E-state index in [0.29, 0.717) is 16.7 Å². The van der Waals surface area contributed by atoms with Gasteiger partial charge in [0.15, 0.2) is 0 Å². The molecule has 1 aliphatic heterocycles. The number of carbonyl (C=O) groups excluding carboxylic acids is 1. The lowest BCUT2D eigenvalue weighted by atomic mass is 10.2. The zero-order valence-corrected chi connectivity index (χ0v) is 13.3. The van der Waals surface area contributed by atoms with Crippen LogP contribution in [0.15, 0.2) is 22.7 Å². The number of hydrogen-bond acceptors (Lipinski definition) is 3. The first kappa shape index (κ1) is 15.2. The molecule has 1 aromatic carbocycles. The molecule has 1 aromatic rings. The Hall–Kier alpha value is -1.21. The number of carboxylic acid groups (broad SMARTS) is 1. The molecule has 2 N–H and O–H groups in total. The quantitative estimate of drug-likeness (QED) is 0.851. The first-order chi connectivity index (χ1) is 9.49. The summed E-state index contributed by atoms with van der Waals surface area (Å²) in [6.07, 6.45) is 0. The Kier molecular flexibility index (Phi) is 4.93. The predicted molar refractivity (Wildman–Crippen MR) is 83.6 cm³/mol.